The number of Topliss-reactive ketones (excluding diaryl/α,β-unsaturated/α-hetero) is 2. The maximum Gasteiger partial charge on any atom is 0.325 e. The summed E-state index contributed by atoms with van der Waals surface area (Å²) < 4.78 is 25.3. The van der Waals surface area contributed by atoms with Gasteiger partial charge in [0.25, 0.3) is 11.8 Å². The number of allylic oxidation sites excluding steroid dienone is 2. The van der Waals surface area contributed by atoms with Gasteiger partial charge in [-0.05, 0) is 156 Å². The van der Waals surface area contributed by atoms with Crippen LogP contribution in [0, 0.1) is 34.5 Å². The molecule has 0 aliphatic carbocycles. The smallest absolute Gasteiger partial charge is 0.325 e. The van der Waals surface area contributed by atoms with Crippen molar-refractivity contribution in [3.05, 3.63) is 95.3 Å². The first-order valence-electron chi connectivity index (χ1n) is 34.9. The van der Waals surface area contributed by atoms with Crippen LogP contribution in [0.2, 0.25) is 0 Å². The number of nitrogens with one attached hydrogen (secondary N) is 4. The van der Waals surface area contributed by atoms with Crippen LogP contribution in [0.15, 0.2) is 72.8 Å². The molecule has 2 fully saturated rings. The van der Waals surface area contributed by atoms with Crippen molar-refractivity contribution < 1.29 is 76.4 Å². The molecule has 5 heterocycles. The molecule has 2 aromatic carbocycles. The Bertz CT molecular complexity index is 3850. The van der Waals surface area contributed by atoms with Gasteiger partial charge >= 0.3 is 29.8 Å². The zero-order valence-corrected chi connectivity index (χ0v) is 64.4. The molecule has 3 aliphatic rings. The highest BCUT2D eigenvalue weighted by atomic mass is 35.6. The number of hydrogen-bond acceptors (Lipinski definition) is 20. The number of hydrogen-bond donors (Lipinski definition) is 4. The number of amides is 4. The van der Waals surface area contributed by atoms with E-state index in [1.807, 2.05) is 86.7 Å². The molecule has 2 aromatic heterocycles. The lowest BCUT2D eigenvalue weighted by molar-refractivity contribution is -0.161. The fourth-order valence-corrected chi connectivity index (χ4v) is 11.7. The van der Waals surface area contributed by atoms with Crippen LogP contribution in [0.1, 0.15) is 204 Å². The fourth-order valence-electron chi connectivity index (χ4n) is 11.5. The molecule has 3 aliphatic heterocycles. The minimum Gasteiger partial charge on any atom is -0.460 e. The van der Waals surface area contributed by atoms with Crippen molar-refractivity contribution in [2.24, 2.45) is 34.5 Å². The quantitative estimate of drug-likeness (QED) is 0.0408. The van der Waals surface area contributed by atoms with E-state index in [-0.39, 0.29) is 49.3 Å². The number of carbonyl (C=O) groups excluding carboxylic acids is 11. The van der Waals surface area contributed by atoms with Crippen molar-refractivity contribution in [3.63, 3.8) is 0 Å². The summed E-state index contributed by atoms with van der Waals surface area (Å²) in [5.41, 5.74) is 6.40. The van der Waals surface area contributed by atoms with Gasteiger partial charge < -0.3 is 34.3 Å². The fraction of sp³-hybridized carbons (Fsp3) is 0.566. The lowest BCUT2D eigenvalue weighted by Gasteiger charge is -2.35. The van der Waals surface area contributed by atoms with E-state index in [4.69, 9.17) is 63.5 Å². The number of ketones is 2. The van der Waals surface area contributed by atoms with Gasteiger partial charge in [0, 0.05) is 66.3 Å². The van der Waals surface area contributed by atoms with E-state index in [2.05, 4.69) is 26.5 Å². The molecule has 7 rings (SSSR count). The number of ether oxygens (including phenoxy) is 5. The van der Waals surface area contributed by atoms with E-state index in [1.54, 1.807) is 109 Å². The zero-order valence-electron chi connectivity index (χ0n) is 62.1. The Morgan fingerprint density at radius 3 is 2.03 bits per heavy atom. The number of cyclic esters (lactones) is 1. The molecule has 562 valence electrons. The summed E-state index contributed by atoms with van der Waals surface area (Å²) in [6.45, 7) is 29.3. The summed E-state index contributed by atoms with van der Waals surface area (Å²) in [5.74, 6) is -8.02. The summed E-state index contributed by atoms with van der Waals surface area (Å²) in [7, 11) is 0. The average Bonchev–Trinajstić information content (AvgIpc) is 1.23. The number of alkyl halides is 3. The Morgan fingerprint density at radius 2 is 1.40 bits per heavy atom. The van der Waals surface area contributed by atoms with Crippen LogP contribution < -0.4 is 21.5 Å². The molecular weight excluding hydrogens is 1390 g/mol. The molecule has 24 nitrogen and oxygen atoms in total. The second-order valence-corrected chi connectivity index (χ2v) is 32.8. The third-order valence-electron chi connectivity index (χ3n) is 17.5. The number of aromatic nitrogens is 2. The molecule has 8 atom stereocenters. The molecule has 4 amide bonds. The number of esters is 5. The Balaban J connectivity index is 0.000000328. The maximum absolute atomic E-state index is 13.9. The molecule has 2 saturated heterocycles. The van der Waals surface area contributed by atoms with Crippen LogP contribution in [0.3, 0.4) is 0 Å². The standard InChI is InChI=1S/C40H53Cl3N4O9.C36H48N4O7/c1-23(2)28(20-33(49)39(8,9)17-16-26-12-13-27-14-15-29(44-31(27)19-26)24(3)55-25(4)48)35(51)45-32(21-34(50)56-38(5,6)7)36(52)47-18-10-11-30(46-47)37(53)54-22-40(41,42)43;1-21(2)25-19-30(41)36(7,8)16-15-23-11-12-24-13-14-26(37-28(24)18-23)22(3)46-34(45)27-10-9-17-40(39-27)33(44)29(38-32(25)43)20-31(42)47-35(4,5)6/h12-17,19,23-24,28,30,32,46H,10-11,18,20-22H2,1-9H3,(H,45,51);11-16,18,21-22,25,27,29,39H,9-10,17,19-20H2,1-8H3,(H,38,43)/b17-16+;16-15+/t24-,28+,30+,32+;22-,25+,27+,29+/m11/s1. The second-order valence-electron chi connectivity index (χ2n) is 30.3. The second kappa shape index (κ2) is 35.7. The lowest BCUT2D eigenvalue weighted by atomic mass is 9.79. The normalized spacial score (nSPS) is 20.8. The first-order chi connectivity index (χ1) is 47.8. The first-order valence-corrected chi connectivity index (χ1v) is 36.0. The summed E-state index contributed by atoms with van der Waals surface area (Å²) >= 11 is 17.1. The summed E-state index contributed by atoms with van der Waals surface area (Å²) in [6.07, 6.45) is 6.56. The van der Waals surface area contributed by atoms with Crippen LogP contribution in [-0.4, -0.2) is 144 Å². The highest BCUT2D eigenvalue weighted by Gasteiger charge is 2.41. The van der Waals surface area contributed by atoms with Gasteiger partial charge in [0.05, 0.1) is 35.3 Å². The minimum absolute atomic E-state index is 0.0649. The van der Waals surface area contributed by atoms with E-state index in [9.17, 15) is 52.7 Å². The highest BCUT2D eigenvalue weighted by Crippen LogP contribution is 2.33. The van der Waals surface area contributed by atoms with Gasteiger partial charge in [-0.3, -0.25) is 62.8 Å². The van der Waals surface area contributed by atoms with Gasteiger partial charge in [-0.15, -0.1) is 0 Å². The maximum atomic E-state index is 13.9. The molecule has 4 aromatic rings. The lowest BCUT2D eigenvalue weighted by Crippen LogP contribution is -2.61. The number of hydrazine groups is 2. The predicted octanol–water partition coefficient (Wildman–Crippen LogP) is 11.6. The van der Waals surface area contributed by atoms with E-state index < -0.39 is 147 Å². The van der Waals surface area contributed by atoms with E-state index >= 15 is 0 Å². The Kier molecular flexibility index (Phi) is 29.1. The van der Waals surface area contributed by atoms with Gasteiger partial charge in [0.2, 0.25) is 15.6 Å². The Hall–Kier alpha value is -7.90. The topological polar surface area (TPSA) is 314 Å². The Morgan fingerprint density at radius 1 is 0.777 bits per heavy atom. The van der Waals surface area contributed by atoms with Gasteiger partial charge in [0.15, 0.2) is 0 Å². The average molecular weight is 1490 g/mol. The molecule has 0 saturated carbocycles. The number of pyridine rings is 2. The van der Waals surface area contributed by atoms with E-state index in [0.717, 1.165) is 26.9 Å². The van der Waals surface area contributed by atoms with Crippen LogP contribution in [0.4, 0.5) is 0 Å². The van der Waals surface area contributed by atoms with Gasteiger partial charge in [0.1, 0.15) is 65.8 Å². The number of fused-ring (bicyclic) bond motifs is 5. The van der Waals surface area contributed by atoms with Crippen molar-refractivity contribution in [2.75, 3.05) is 19.7 Å². The van der Waals surface area contributed by atoms with Crippen molar-refractivity contribution in [1.29, 1.82) is 0 Å². The van der Waals surface area contributed by atoms with Crippen molar-refractivity contribution >= 4 is 134 Å². The van der Waals surface area contributed by atoms with Crippen LogP contribution in [0.25, 0.3) is 34.0 Å². The van der Waals surface area contributed by atoms with Gasteiger partial charge in [-0.2, -0.15) is 0 Å². The van der Waals surface area contributed by atoms with Crippen LogP contribution in [-0.2, 0) is 76.4 Å². The third-order valence-corrected chi connectivity index (χ3v) is 17.8. The van der Waals surface area contributed by atoms with Crippen LogP contribution >= 0.6 is 34.8 Å². The summed E-state index contributed by atoms with van der Waals surface area (Å²) in [4.78, 5) is 156. The van der Waals surface area contributed by atoms with Gasteiger partial charge in [-0.1, -0.05) is 123 Å². The van der Waals surface area contributed by atoms with E-state index in [1.165, 1.54) is 11.9 Å². The largest absolute Gasteiger partial charge is 0.460 e. The molecular formula is C76H101Cl3N8O16. The molecule has 0 radical (unpaired) electrons. The zero-order chi connectivity index (χ0) is 76.9. The minimum atomic E-state index is -1.82. The predicted molar refractivity (Wildman–Crippen MR) is 391 cm³/mol. The number of carbonyl (C=O) groups is 11. The van der Waals surface area contributed by atoms with Crippen molar-refractivity contribution in [2.45, 2.75) is 220 Å². The Labute approximate surface area is 618 Å². The van der Waals surface area contributed by atoms with E-state index in [0.29, 0.717) is 48.1 Å². The molecule has 27 heteroatoms. The monoisotopic (exact) mass is 1490 g/mol. The molecule has 4 N–H and O–H groups in total. The van der Waals surface area contributed by atoms with Crippen LogP contribution in [0.5, 0.6) is 0 Å². The van der Waals surface area contributed by atoms with Crippen molar-refractivity contribution in [3.8, 4) is 0 Å². The third kappa shape index (κ3) is 25.7. The SMILES string of the molecule is CC(=O)O[C@H](C)c1ccc2ccc(/C=C/C(C)(C)C(=O)C[C@H](C(=O)N[C@@H](CC(=O)OC(C)(C)C)C(=O)N3CCC[C@@H](C(=O)OCC(Cl)(Cl)Cl)N3)C(C)C)cc2n1.CC(C)[C@@H]1CC(=O)C(C)(C)/C=C/c2ccc3ccc(nc3c2)[C@@H](C)OC(=O)[C@@H]2CCCN(N2)C(=O)[C@H](CC(=O)OC(C)(C)C)NC1=O. The van der Waals surface area contributed by atoms with Gasteiger partial charge in [-0.25, -0.2) is 20.8 Å². The summed E-state index contributed by atoms with van der Waals surface area (Å²) in [6, 6.07) is 14.4. The summed E-state index contributed by atoms with van der Waals surface area (Å²) in [5, 5.41) is 9.69. The first kappa shape index (κ1) is 84.0. The molecule has 0 spiro atoms. The van der Waals surface area contributed by atoms with Crippen molar-refractivity contribution in [1.82, 2.24) is 41.5 Å². The number of nitrogens with zero attached hydrogens (tertiary/aromatic N) is 4. The number of rotatable bonds is 18. The molecule has 5 bridgehead atoms. The molecule has 103 heavy (non-hydrogen) atoms. The highest BCUT2D eigenvalue weighted by molar-refractivity contribution is 6.67. The number of halogens is 3. The number of benzene rings is 2. The molecule has 0 unspecified atom stereocenters.